The molecule has 0 aliphatic carbocycles. The molecule has 6 rings (SSSR count). The third-order valence-electron chi connectivity index (χ3n) is 7.14. The summed E-state index contributed by atoms with van der Waals surface area (Å²) in [6.45, 7) is 4.05. The van der Waals surface area contributed by atoms with E-state index in [1.165, 1.54) is 5.69 Å². The van der Waals surface area contributed by atoms with Crippen LogP contribution >= 0.6 is 0 Å². The minimum atomic E-state index is -0.383. The van der Waals surface area contributed by atoms with Crippen LogP contribution in [-0.4, -0.2) is 37.1 Å². The highest BCUT2D eigenvalue weighted by Crippen LogP contribution is 2.36. The number of hydrogen-bond acceptors (Lipinski definition) is 6. The number of piperidine rings is 1. The number of nitrogens with zero attached hydrogens (tertiary/aromatic N) is 2. The van der Waals surface area contributed by atoms with Crippen molar-refractivity contribution in [2.24, 2.45) is 0 Å². The topological polar surface area (TPSA) is 53.1 Å². The first-order valence-corrected chi connectivity index (χ1v) is 13.2. The molecule has 0 amide bonds. The summed E-state index contributed by atoms with van der Waals surface area (Å²) in [7, 11) is 0. The molecule has 194 valence electrons. The van der Waals surface area contributed by atoms with Crippen LogP contribution in [0.15, 0.2) is 97.1 Å². The molecule has 1 aromatic heterocycles. The Morgan fingerprint density at radius 2 is 1.37 bits per heavy atom. The van der Waals surface area contributed by atoms with Gasteiger partial charge >= 0.3 is 0 Å². The molecular formula is C32H32N2O4. The maximum absolute atomic E-state index is 6.28. The lowest BCUT2D eigenvalue weighted by Gasteiger charge is -2.38. The molecule has 1 spiro atoms. The molecule has 0 saturated carbocycles. The first-order chi connectivity index (χ1) is 18.8. The zero-order valence-corrected chi connectivity index (χ0v) is 21.4. The van der Waals surface area contributed by atoms with Crippen molar-refractivity contribution in [2.45, 2.75) is 31.8 Å². The predicted molar refractivity (Wildman–Crippen MR) is 147 cm³/mol. The maximum atomic E-state index is 6.28. The molecule has 6 nitrogen and oxygen atoms in total. The molecule has 2 fully saturated rings. The number of hydrogen-bond donors (Lipinski definition) is 0. The van der Waals surface area contributed by atoms with E-state index in [1.807, 2.05) is 60.7 Å². The lowest BCUT2D eigenvalue weighted by molar-refractivity contribution is -0.169. The molecule has 0 unspecified atom stereocenters. The van der Waals surface area contributed by atoms with E-state index in [4.69, 9.17) is 23.9 Å². The Kier molecular flexibility index (Phi) is 7.25. The van der Waals surface area contributed by atoms with Gasteiger partial charge in [-0.3, -0.25) is 0 Å². The largest absolute Gasteiger partial charge is 0.473 e. The summed E-state index contributed by atoms with van der Waals surface area (Å²) in [5.41, 5.74) is 5.35. The number of rotatable bonds is 8. The van der Waals surface area contributed by atoms with Gasteiger partial charge < -0.3 is 23.8 Å². The Hall–Kier alpha value is -3.87. The van der Waals surface area contributed by atoms with Gasteiger partial charge in [-0.25, -0.2) is 0 Å². The zero-order chi connectivity index (χ0) is 25.6. The van der Waals surface area contributed by atoms with Crippen molar-refractivity contribution >= 4 is 5.69 Å². The minimum absolute atomic E-state index is 0.383. The van der Waals surface area contributed by atoms with Gasteiger partial charge in [0.2, 0.25) is 11.8 Å². The maximum Gasteiger partial charge on any atom is 0.225 e. The molecule has 6 heteroatoms. The number of aromatic nitrogens is 1. The van der Waals surface area contributed by atoms with Crippen LogP contribution in [0.25, 0.3) is 11.1 Å². The van der Waals surface area contributed by atoms with Crippen molar-refractivity contribution in [1.29, 1.82) is 0 Å². The van der Waals surface area contributed by atoms with Gasteiger partial charge in [-0.2, -0.15) is 4.98 Å². The van der Waals surface area contributed by atoms with Crippen LogP contribution in [0.3, 0.4) is 0 Å². The fraction of sp³-hybridized carbons (Fsp3) is 0.281. The van der Waals surface area contributed by atoms with Crippen LogP contribution in [0.2, 0.25) is 0 Å². The zero-order valence-electron chi connectivity index (χ0n) is 21.4. The molecule has 0 N–H and O–H groups in total. The number of anilines is 1. The monoisotopic (exact) mass is 508 g/mol. The van der Waals surface area contributed by atoms with E-state index in [9.17, 15) is 0 Å². The third-order valence-corrected chi connectivity index (χ3v) is 7.14. The second kappa shape index (κ2) is 11.3. The molecule has 38 heavy (non-hydrogen) atoms. The van der Waals surface area contributed by atoms with Crippen molar-refractivity contribution in [3.63, 3.8) is 0 Å². The first kappa shape index (κ1) is 24.5. The summed E-state index contributed by atoms with van der Waals surface area (Å²) in [6, 6.07) is 32.8. The second-order valence-electron chi connectivity index (χ2n) is 9.70. The quantitative estimate of drug-likeness (QED) is 0.280. The van der Waals surface area contributed by atoms with Gasteiger partial charge in [0.25, 0.3) is 0 Å². The van der Waals surface area contributed by atoms with Gasteiger partial charge in [0.05, 0.1) is 13.2 Å². The van der Waals surface area contributed by atoms with Crippen molar-refractivity contribution in [1.82, 2.24) is 4.98 Å². The fourth-order valence-corrected chi connectivity index (χ4v) is 5.05. The highest BCUT2D eigenvalue weighted by molar-refractivity contribution is 5.73. The van der Waals surface area contributed by atoms with E-state index in [0.717, 1.165) is 48.2 Å². The Balaban J connectivity index is 1.23. The molecular weight excluding hydrogens is 476 g/mol. The lowest BCUT2D eigenvalue weighted by atomic mass is 10.0. The average molecular weight is 509 g/mol. The van der Waals surface area contributed by atoms with E-state index < -0.39 is 0 Å². The smallest absolute Gasteiger partial charge is 0.225 e. The SMILES string of the molecule is c1ccc(COc2ccc(-c3cccc(N4CCC5(CC4)OCCO5)c3)c(OCc3ccccc3)n2)cc1. The van der Waals surface area contributed by atoms with Crippen LogP contribution in [-0.2, 0) is 22.7 Å². The predicted octanol–water partition coefficient (Wildman–Crippen LogP) is 6.25. The molecule has 4 aromatic rings. The Bertz CT molecular complexity index is 1330. The van der Waals surface area contributed by atoms with Crippen molar-refractivity contribution in [2.75, 3.05) is 31.2 Å². The van der Waals surface area contributed by atoms with Gasteiger partial charge in [0.1, 0.15) is 13.2 Å². The van der Waals surface area contributed by atoms with E-state index in [1.54, 1.807) is 0 Å². The summed E-state index contributed by atoms with van der Waals surface area (Å²) < 4.78 is 24.1. The second-order valence-corrected chi connectivity index (χ2v) is 9.70. The van der Waals surface area contributed by atoms with E-state index in [-0.39, 0.29) is 5.79 Å². The third kappa shape index (κ3) is 5.67. The lowest BCUT2D eigenvalue weighted by Crippen LogP contribution is -2.45. The molecule has 0 atom stereocenters. The molecule has 0 bridgehead atoms. The number of ether oxygens (including phenoxy) is 4. The average Bonchev–Trinajstić information content (AvgIpc) is 3.44. The summed E-state index contributed by atoms with van der Waals surface area (Å²) in [5.74, 6) is 0.711. The van der Waals surface area contributed by atoms with Crippen LogP contribution in [0, 0.1) is 0 Å². The fourth-order valence-electron chi connectivity index (χ4n) is 5.05. The van der Waals surface area contributed by atoms with E-state index in [0.29, 0.717) is 38.2 Å². The molecule has 3 aromatic carbocycles. The summed E-state index contributed by atoms with van der Waals surface area (Å²) in [6.07, 6.45) is 1.75. The van der Waals surface area contributed by atoms with Crippen LogP contribution in [0.4, 0.5) is 5.69 Å². The highest BCUT2D eigenvalue weighted by atomic mass is 16.7. The molecule has 2 saturated heterocycles. The highest BCUT2D eigenvalue weighted by Gasteiger charge is 2.39. The van der Waals surface area contributed by atoms with Crippen LogP contribution < -0.4 is 14.4 Å². The summed E-state index contributed by atoms with van der Waals surface area (Å²) in [4.78, 5) is 7.18. The first-order valence-electron chi connectivity index (χ1n) is 13.2. The van der Waals surface area contributed by atoms with Crippen molar-refractivity contribution < 1.29 is 18.9 Å². The van der Waals surface area contributed by atoms with E-state index >= 15 is 0 Å². The van der Waals surface area contributed by atoms with Crippen LogP contribution in [0.5, 0.6) is 11.8 Å². The van der Waals surface area contributed by atoms with Gasteiger partial charge in [-0.05, 0) is 34.9 Å². The molecule has 0 radical (unpaired) electrons. The number of pyridine rings is 1. The van der Waals surface area contributed by atoms with Gasteiger partial charge in [0.15, 0.2) is 5.79 Å². The molecule has 2 aliphatic rings. The number of benzene rings is 3. The normalized spacial score (nSPS) is 16.5. The summed E-state index contributed by atoms with van der Waals surface area (Å²) >= 11 is 0. The summed E-state index contributed by atoms with van der Waals surface area (Å²) in [5, 5.41) is 0. The Labute approximate surface area is 223 Å². The Morgan fingerprint density at radius 3 is 2.05 bits per heavy atom. The van der Waals surface area contributed by atoms with Gasteiger partial charge in [-0.15, -0.1) is 0 Å². The van der Waals surface area contributed by atoms with Gasteiger partial charge in [-0.1, -0.05) is 72.8 Å². The van der Waals surface area contributed by atoms with Gasteiger partial charge in [0, 0.05) is 43.2 Å². The molecule has 3 heterocycles. The van der Waals surface area contributed by atoms with Crippen molar-refractivity contribution in [3.05, 3.63) is 108 Å². The van der Waals surface area contributed by atoms with E-state index in [2.05, 4.69) is 41.3 Å². The van der Waals surface area contributed by atoms with Crippen molar-refractivity contribution in [3.8, 4) is 22.9 Å². The van der Waals surface area contributed by atoms with Crippen LogP contribution in [0.1, 0.15) is 24.0 Å². The standard InChI is InChI=1S/C32H32N2O4/c1-3-8-25(9-4-1)23-35-30-15-14-29(31(33-30)36-24-26-10-5-2-6-11-26)27-12-7-13-28(22-27)34-18-16-32(17-19-34)37-20-21-38-32/h1-15,22H,16-21,23-24H2. The molecule has 2 aliphatic heterocycles. The minimum Gasteiger partial charge on any atom is -0.473 e. The Morgan fingerprint density at radius 1 is 0.711 bits per heavy atom.